The lowest BCUT2D eigenvalue weighted by atomic mass is 9.99. The number of carbonyl (C=O) groups excluding carboxylic acids is 1. The van der Waals surface area contributed by atoms with Crippen LogP contribution in [0, 0.1) is 0 Å². The molecule has 0 aliphatic carbocycles. The highest BCUT2D eigenvalue weighted by molar-refractivity contribution is 7.13. The number of likely N-dealkylation sites (N-methyl/N-ethyl adjacent to an activating group) is 1. The van der Waals surface area contributed by atoms with E-state index in [1.54, 1.807) is 7.05 Å². The molecule has 5 heteroatoms. The fourth-order valence-corrected chi connectivity index (χ4v) is 1.94. The van der Waals surface area contributed by atoms with Crippen molar-refractivity contribution in [3.05, 3.63) is 0 Å². The Bertz CT molecular complexity index is 187. The molecule has 2 unspecified atom stereocenters. The smallest absolute Gasteiger partial charge is 0.241 e. The van der Waals surface area contributed by atoms with Crippen LogP contribution < -0.4 is 10.6 Å². The largest absolute Gasteiger partial charge is 0.358 e. The van der Waals surface area contributed by atoms with E-state index in [2.05, 4.69) is 24.7 Å². The molecule has 12 heavy (non-hydrogen) atoms. The summed E-state index contributed by atoms with van der Waals surface area (Å²) in [6.45, 7) is 4.48. The van der Waals surface area contributed by atoms with Gasteiger partial charge in [0.05, 0.1) is 0 Å². The van der Waals surface area contributed by atoms with Crippen molar-refractivity contribution in [1.29, 1.82) is 0 Å². The van der Waals surface area contributed by atoms with Gasteiger partial charge in [0.15, 0.2) is 0 Å². The Kier molecular flexibility index (Phi) is 3.04. The Morgan fingerprint density at radius 2 is 2.42 bits per heavy atom. The van der Waals surface area contributed by atoms with Crippen molar-refractivity contribution in [3.8, 4) is 0 Å². The molecule has 2 atom stereocenters. The molecule has 1 amide bonds. The number of rotatable bonds is 1. The molecule has 0 saturated carbocycles. The van der Waals surface area contributed by atoms with Crippen LogP contribution in [-0.4, -0.2) is 42.8 Å². The van der Waals surface area contributed by atoms with Gasteiger partial charge in [-0.3, -0.25) is 9.46 Å². The molecule has 1 fully saturated rings. The van der Waals surface area contributed by atoms with Crippen LogP contribution in [0.15, 0.2) is 0 Å². The van der Waals surface area contributed by atoms with E-state index in [0.717, 1.165) is 19.6 Å². The van der Waals surface area contributed by atoms with Gasteiger partial charge < -0.3 is 10.6 Å². The molecule has 1 aliphatic rings. The quantitative estimate of drug-likeness (QED) is 0.530. The highest BCUT2D eigenvalue weighted by Gasteiger charge is 2.35. The minimum absolute atomic E-state index is 0.0506. The average Bonchev–Trinajstić information content (AvgIpc) is 2.02. The lowest BCUT2D eigenvalue weighted by Crippen LogP contribution is -2.63. The van der Waals surface area contributed by atoms with Gasteiger partial charge >= 0.3 is 0 Å². The molecule has 0 aromatic carbocycles. The molecule has 1 aliphatic heterocycles. The number of hydrogen-bond acceptors (Lipinski definition) is 3. The third-order valence-corrected chi connectivity index (χ3v) is 2.60. The van der Waals surface area contributed by atoms with E-state index in [0.29, 0.717) is 0 Å². The number of piperazine rings is 1. The van der Waals surface area contributed by atoms with E-state index in [1.807, 2.05) is 6.92 Å². The normalized spacial score (nSPS) is 31.6. The Morgan fingerprint density at radius 1 is 1.75 bits per heavy atom. The topological polar surface area (TPSA) is 44.4 Å². The predicted octanol–water partition coefficient (Wildman–Crippen LogP) is -0.814. The number of nitrogens with one attached hydrogen (secondary N) is 2. The van der Waals surface area contributed by atoms with Crippen LogP contribution >= 0.6 is 9.39 Å². The van der Waals surface area contributed by atoms with Crippen LogP contribution in [0.5, 0.6) is 0 Å². The summed E-state index contributed by atoms with van der Waals surface area (Å²) in [5.41, 5.74) is -0.436. The zero-order valence-electron chi connectivity index (χ0n) is 7.55. The molecule has 1 saturated heterocycles. The van der Waals surface area contributed by atoms with Crippen LogP contribution in [-0.2, 0) is 4.79 Å². The Balaban J connectivity index is 2.63. The summed E-state index contributed by atoms with van der Waals surface area (Å²) in [5.74, 6) is 0.0506. The molecule has 1 heterocycles. The zero-order chi connectivity index (χ0) is 9.19. The highest BCUT2D eigenvalue weighted by atomic mass is 31.0. The first-order valence-corrected chi connectivity index (χ1v) is 4.57. The Hall–Kier alpha value is -0.180. The minimum atomic E-state index is -0.436. The predicted molar refractivity (Wildman–Crippen MR) is 51.8 cm³/mol. The fourth-order valence-electron chi connectivity index (χ4n) is 1.44. The average molecular weight is 189 g/mol. The van der Waals surface area contributed by atoms with Gasteiger partial charge in [-0.25, -0.2) is 0 Å². The molecular weight excluding hydrogens is 173 g/mol. The van der Waals surface area contributed by atoms with Crippen molar-refractivity contribution in [2.45, 2.75) is 12.5 Å². The highest BCUT2D eigenvalue weighted by Crippen LogP contribution is 2.14. The van der Waals surface area contributed by atoms with Crippen molar-refractivity contribution in [2.75, 3.05) is 26.7 Å². The summed E-state index contributed by atoms with van der Waals surface area (Å²) in [7, 11) is 4.29. The van der Waals surface area contributed by atoms with Crippen LogP contribution in [0.2, 0.25) is 0 Å². The molecule has 0 bridgehead atoms. The standard InChI is InChI=1S/C7H16N3OP/c1-7(6(11)8-2)5-10(12)4-3-9-7/h9H,3-5,12H2,1-2H3,(H,8,11). The van der Waals surface area contributed by atoms with E-state index in [-0.39, 0.29) is 5.91 Å². The molecule has 2 N–H and O–H groups in total. The first-order chi connectivity index (χ1) is 5.58. The zero-order valence-corrected chi connectivity index (χ0v) is 8.71. The summed E-state index contributed by atoms with van der Waals surface area (Å²) < 4.78 is 2.08. The fraction of sp³-hybridized carbons (Fsp3) is 0.857. The number of hydrogen-bond donors (Lipinski definition) is 2. The lowest BCUT2D eigenvalue weighted by molar-refractivity contribution is -0.127. The first kappa shape index (κ1) is 9.90. The van der Waals surface area contributed by atoms with Gasteiger partial charge in [0.1, 0.15) is 5.54 Å². The van der Waals surface area contributed by atoms with Gasteiger partial charge in [-0.2, -0.15) is 0 Å². The molecule has 0 radical (unpaired) electrons. The van der Waals surface area contributed by atoms with Crippen molar-refractivity contribution < 1.29 is 4.79 Å². The molecule has 1 rings (SSSR count). The number of carbonyl (C=O) groups is 1. The van der Waals surface area contributed by atoms with Crippen LogP contribution in [0.25, 0.3) is 0 Å². The third-order valence-electron chi connectivity index (χ3n) is 2.16. The Labute approximate surface area is 75.3 Å². The second-order valence-electron chi connectivity index (χ2n) is 3.31. The maximum absolute atomic E-state index is 11.4. The molecule has 4 nitrogen and oxygen atoms in total. The summed E-state index contributed by atoms with van der Waals surface area (Å²) >= 11 is 0. The van der Waals surface area contributed by atoms with Crippen LogP contribution in [0.4, 0.5) is 0 Å². The maximum Gasteiger partial charge on any atom is 0.241 e. The summed E-state index contributed by atoms with van der Waals surface area (Å²) in [6, 6.07) is 0. The monoisotopic (exact) mass is 189 g/mol. The Morgan fingerprint density at radius 3 is 2.92 bits per heavy atom. The van der Waals surface area contributed by atoms with E-state index in [4.69, 9.17) is 0 Å². The SMILES string of the molecule is CNC(=O)C1(C)CN(P)CCN1. The second kappa shape index (κ2) is 3.69. The molecular formula is C7H16N3OP. The van der Waals surface area contributed by atoms with Gasteiger partial charge in [-0.1, -0.05) is 9.39 Å². The summed E-state index contributed by atoms with van der Waals surface area (Å²) in [4.78, 5) is 11.4. The van der Waals surface area contributed by atoms with E-state index >= 15 is 0 Å². The van der Waals surface area contributed by atoms with Gasteiger partial charge in [0.2, 0.25) is 5.91 Å². The number of nitrogens with zero attached hydrogens (tertiary/aromatic N) is 1. The first-order valence-electron chi connectivity index (χ1n) is 4.05. The van der Waals surface area contributed by atoms with Crippen molar-refractivity contribution in [3.63, 3.8) is 0 Å². The van der Waals surface area contributed by atoms with Gasteiger partial charge in [0, 0.05) is 26.7 Å². The van der Waals surface area contributed by atoms with Crippen molar-refractivity contribution in [1.82, 2.24) is 15.3 Å². The second-order valence-corrected chi connectivity index (χ2v) is 4.04. The van der Waals surface area contributed by atoms with Crippen molar-refractivity contribution >= 4 is 15.3 Å². The van der Waals surface area contributed by atoms with Gasteiger partial charge in [-0.05, 0) is 6.92 Å². The minimum Gasteiger partial charge on any atom is -0.358 e. The lowest BCUT2D eigenvalue weighted by Gasteiger charge is -2.37. The van der Waals surface area contributed by atoms with Gasteiger partial charge in [-0.15, -0.1) is 0 Å². The van der Waals surface area contributed by atoms with E-state index in [9.17, 15) is 4.79 Å². The van der Waals surface area contributed by atoms with E-state index in [1.165, 1.54) is 0 Å². The third kappa shape index (κ3) is 1.94. The molecule has 0 aromatic rings. The molecule has 0 spiro atoms. The molecule has 0 aromatic heterocycles. The summed E-state index contributed by atoms with van der Waals surface area (Å²) in [6.07, 6.45) is 0. The van der Waals surface area contributed by atoms with Gasteiger partial charge in [0.25, 0.3) is 0 Å². The van der Waals surface area contributed by atoms with Crippen molar-refractivity contribution in [2.24, 2.45) is 0 Å². The van der Waals surface area contributed by atoms with Crippen LogP contribution in [0.1, 0.15) is 6.92 Å². The van der Waals surface area contributed by atoms with Crippen LogP contribution in [0.3, 0.4) is 0 Å². The maximum atomic E-state index is 11.4. The molecule has 70 valence electrons. The number of amides is 1. The van der Waals surface area contributed by atoms with E-state index < -0.39 is 5.54 Å². The summed E-state index contributed by atoms with van der Waals surface area (Å²) in [5, 5.41) is 5.87.